The number of hydrogen-bond acceptors (Lipinski definition) is 3. The third-order valence-electron chi connectivity index (χ3n) is 1.65. The van der Waals surface area contributed by atoms with Crippen LogP contribution in [0.1, 0.15) is 0 Å². The van der Waals surface area contributed by atoms with Gasteiger partial charge in [0.15, 0.2) is 0 Å². The van der Waals surface area contributed by atoms with Crippen molar-refractivity contribution < 1.29 is 71.3 Å². The van der Waals surface area contributed by atoms with Crippen LogP contribution >= 0.6 is 0 Å². The maximum atomic E-state index is 12.4. The van der Waals surface area contributed by atoms with Gasteiger partial charge in [0, 0.05) is 0 Å². The average Bonchev–Trinajstić information content (AvgIpc) is 2.14. The molecule has 3 nitrogen and oxygen atoms in total. The van der Waals surface area contributed by atoms with Crippen molar-refractivity contribution in [1.82, 2.24) is 0 Å². The fourth-order valence-electron chi connectivity index (χ4n) is 0.683. The van der Waals surface area contributed by atoms with Crippen LogP contribution in [-0.4, -0.2) is 42.7 Å². The van der Waals surface area contributed by atoms with Gasteiger partial charge in [-0.25, -0.2) is 21.6 Å². The molecular formula is C5H2F9LiO3S. The van der Waals surface area contributed by atoms with Crippen molar-refractivity contribution in [2.45, 2.75) is 29.7 Å². The fraction of sp³-hybridized carbons (Fsp3) is 1.00. The van der Waals surface area contributed by atoms with Gasteiger partial charge < -0.3 is 4.55 Å². The molecule has 0 spiro atoms. The van der Waals surface area contributed by atoms with Crippen molar-refractivity contribution in [3.63, 3.8) is 0 Å². The van der Waals surface area contributed by atoms with E-state index in [1.165, 1.54) is 0 Å². The molecule has 0 aromatic heterocycles. The summed E-state index contributed by atoms with van der Waals surface area (Å²) in [5, 5.41) is 0. The minimum absolute atomic E-state index is 0. The topological polar surface area (TPSA) is 57.2 Å². The summed E-state index contributed by atoms with van der Waals surface area (Å²) in [5.74, 6) is -20.6. The third-order valence-corrected chi connectivity index (χ3v) is 2.45. The van der Waals surface area contributed by atoms with Gasteiger partial charge in [-0.05, 0) is 0 Å². The predicted molar refractivity (Wildman–Crippen MR) is 35.4 cm³/mol. The van der Waals surface area contributed by atoms with E-state index in [0.29, 0.717) is 0 Å². The van der Waals surface area contributed by atoms with Crippen LogP contribution < -0.4 is 18.9 Å². The Bertz CT molecular complexity index is 408. The zero-order chi connectivity index (χ0) is 15.2. The van der Waals surface area contributed by atoms with E-state index >= 15 is 0 Å². The van der Waals surface area contributed by atoms with Gasteiger partial charge in [-0.2, -0.15) is 26.3 Å². The molecule has 1 atom stereocenters. The Hall–Kier alpha value is -0.123. The van der Waals surface area contributed by atoms with Crippen LogP contribution in [0.5, 0.6) is 0 Å². The van der Waals surface area contributed by atoms with Gasteiger partial charge in [0.2, 0.25) is 0 Å². The van der Waals surface area contributed by atoms with Crippen molar-refractivity contribution >= 4 is 10.1 Å². The minimum atomic E-state index is -7.08. The first-order valence-corrected chi connectivity index (χ1v) is 5.07. The second-order valence-electron chi connectivity index (χ2n) is 2.93. The summed E-state index contributed by atoms with van der Waals surface area (Å²) >= 11 is 0. The molecule has 0 saturated carbocycles. The smallest absolute Gasteiger partial charge is 0.746 e. The van der Waals surface area contributed by atoms with Crippen LogP contribution in [-0.2, 0) is 10.1 Å². The zero-order valence-electron chi connectivity index (χ0n) is 8.69. The maximum Gasteiger partial charge on any atom is 1.00 e. The van der Waals surface area contributed by atoms with Gasteiger partial charge in [-0.15, -0.1) is 0 Å². The standard InChI is InChI=1S/C5H3F9O3S.Li/c6-1(7)3(9,10)5(13,14)4(11,12)2(8)18(15,16)17;/h1-2H,(H,15,16,17);/q;+1/p-1. The van der Waals surface area contributed by atoms with Crippen LogP contribution in [0, 0.1) is 0 Å². The molecule has 0 aliphatic rings. The van der Waals surface area contributed by atoms with Crippen molar-refractivity contribution in [3.8, 4) is 0 Å². The summed E-state index contributed by atoms with van der Waals surface area (Å²) in [6, 6.07) is 0. The second kappa shape index (κ2) is 5.70. The molecule has 110 valence electrons. The fourth-order valence-corrected chi connectivity index (χ4v) is 1.19. The molecule has 0 aliphatic carbocycles. The zero-order valence-corrected chi connectivity index (χ0v) is 9.51. The maximum absolute atomic E-state index is 12.4. The summed E-state index contributed by atoms with van der Waals surface area (Å²) in [4.78, 5) is 0. The summed E-state index contributed by atoms with van der Waals surface area (Å²) in [5.41, 5.74) is -5.30. The van der Waals surface area contributed by atoms with Crippen molar-refractivity contribution in [3.05, 3.63) is 0 Å². The monoisotopic (exact) mass is 320 g/mol. The van der Waals surface area contributed by atoms with E-state index in [-0.39, 0.29) is 18.9 Å². The minimum Gasteiger partial charge on any atom is -0.746 e. The van der Waals surface area contributed by atoms with Crippen molar-refractivity contribution in [1.29, 1.82) is 0 Å². The van der Waals surface area contributed by atoms with E-state index in [1.807, 2.05) is 0 Å². The molecule has 19 heavy (non-hydrogen) atoms. The molecule has 0 aromatic carbocycles. The summed E-state index contributed by atoms with van der Waals surface area (Å²) in [6.45, 7) is 0. The van der Waals surface area contributed by atoms with Crippen molar-refractivity contribution in [2.24, 2.45) is 0 Å². The van der Waals surface area contributed by atoms with E-state index < -0.39 is 39.8 Å². The largest absolute Gasteiger partial charge is 1.00 e. The van der Waals surface area contributed by atoms with Crippen molar-refractivity contribution in [2.75, 3.05) is 0 Å². The van der Waals surface area contributed by atoms with Gasteiger partial charge in [0.1, 0.15) is 10.1 Å². The molecule has 14 heteroatoms. The van der Waals surface area contributed by atoms with E-state index in [2.05, 4.69) is 0 Å². The first-order chi connectivity index (χ1) is 7.60. The van der Waals surface area contributed by atoms with E-state index in [9.17, 15) is 52.5 Å². The van der Waals surface area contributed by atoms with E-state index in [0.717, 1.165) is 0 Å². The Morgan fingerprint density at radius 2 is 1.16 bits per heavy atom. The van der Waals surface area contributed by atoms with Crippen LogP contribution in [0.25, 0.3) is 0 Å². The Kier molecular flexibility index (Phi) is 6.36. The van der Waals surface area contributed by atoms with Crippen LogP contribution in [0.2, 0.25) is 0 Å². The van der Waals surface area contributed by atoms with Gasteiger partial charge in [0.05, 0.1) is 0 Å². The SMILES string of the molecule is O=S(=O)([O-])C(F)C(F)(F)C(F)(F)C(F)(F)C(F)F.[Li+]. The molecule has 0 fully saturated rings. The molecule has 0 rings (SSSR count). The molecule has 0 amide bonds. The van der Waals surface area contributed by atoms with Gasteiger partial charge in [0.25, 0.3) is 5.50 Å². The molecule has 0 N–H and O–H groups in total. The number of alkyl halides is 9. The Morgan fingerprint density at radius 3 is 1.37 bits per heavy atom. The Labute approximate surface area is 112 Å². The summed E-state index contributed by atoms with van der Waals surface area (Å²) in [6.07, 6.45) is -5.33. The first-order valence-electron chi connectivity index (χ1n) is 3.60. The van der Waals surface area contributed by atoms with E-state index in [1.54, 1.807) is 0 Å². The van der Waals surface area contributed by atoms with E-state index in [4.69, 9.17) is 0 Å². The molecule has 0 bridgehead atoms. The Balaban J connectivity index is 0. The normalized spacial score (nSPS) is 16.2. The molecule has 0 aromatic rings. The van der Waals surface area contributed by atoms with Gasteiger partial charge in [-0.1, -0.05) is 0 Å². The number of hydrogen-bond donors (Lipinski definition) is 0. The second-order valence-corrected chi connectivity index (χ2v) is 4.33. The summed E-state index contributed by atoms with van der Waals surface area (Å²) in [7, 11) is -6.75. The summed E-state index contributed by atoms with van der Waals surface area (Å²) < 4.78 is 138. The molecule has 0 radical (unpaired) electrons. The molecule has 0 heterocycles. The van der Waals surface area contributed by atoms with Crippen LogP contribution in [0.4, 0.5) is 39.5 Å². The van der Waals surface area contributed by atoms with Crippen LogP contribution in [0.3, 0.4) is 0 Å². The predicted octanol–water partition coefficient (Wildman–Crippen LogP) is -0.998. The van der Waals surface area contributed by atoms with Gasteiger partial charge in [-0.3, -0.25) is 0 Å². The molecular weight excluding hydrogens is 318 g/mol. The average molecular weight is 320 g/mol. The first kappa shape index (κ1) is 21.2. The van der Waals surface area contributed by atoms with Gasteiger partial charge >= 0.3 is 43.1 Å². The number of rotatable bonds is 5. The molecule has 1 unspecified atom stereocenters. The van der Waals surface area contributed by atoms with Crippen LogP contribution in [0.15, 0.2) is 0 Å². The molecule has 0 aliphatic heterocycles. The third kappa shape index (κ3) is 3.50. The Morgan fingerprint density at radius 1 is 0.842 bits per heavy atom. The quantitative estimate of drug-likeness (QED) is 0.371. The molecule has 0 saturated heterocycles. The number of halogens is 9.